The molecule has 0 bridgehead atoms. The molecule has 7 heteroatoms. The van der Waals surface area contributed by atoms with E-state index in [0.29, 0.717) is 38.6 Å². The quantitative estimate of drug-likeness (QED) is 0.0348. The molecular weight excluding hydrogens is 636 g/mol. The Labute approximate surface area is 311 Å². The standard InChI is InChI=1S/C44H72N2O5/c1-3-5-7-9-11-13-14-15-16-17-18-19-20-22-24-26-32-38-43(48)51-40(34-29-25-23-21-12-10-8-6-4-2)35-30-27-28-31-37-42(47)46-41(44(49)50)36-33-39-45/h5,7,11,13,15-16,18-19,21-24,29,34,40-41H,3-4,6,8-10,12,14,17,20,25-28,30-33,35-39,45H2,1-2H3,(H,46,47)(H,49,50)/b7-5-,13-11-,16-15-,19-18-,23-21-,24-22-,34-29-. The van der Waals surface area contributed by atoms with E-state index in [1.807, 2.05) is 6.08 Å². The van der Waals surface area contributed by atoms with Gasteiger partial charge in [0.05, 0.1) is 0 Å². The molecule has 288 valence electrons. The van der Waals surface area contributed by atoms with E-state index >= 15 is 0 Å². The minimum atomic E-state index is -1.03. The summed E-state index contributed by atoms with van der Waals surface area (Å²) in [6.45, 7) is 4.76. The largest absolute Gasteiger partial charge is 0.480 e. The van der Waals surface area contributed by atoms with Gasteiger partial charge < -0.3 is 20.9 Å². The third-order valence-corrected chi connectivity index (χ3v) is 8.18. The number of esters is 1. The number of amides is 1. The number of hydrogen-bond acceptors (Lipinski definition) is 5. The monoisotopic (exact) mass is 709 g/mol. The highest BCUT2D eigenvalue weighted by atomic mass is 16.5. The SMILES string of the molecule is CC/C=C\C/C=C\C/C=C\C/C=C\C/C=C\CCCC(=O)OC(/C=C\C/C=C\CCCCCC)CCCCCCC(=O)NC(CCCN)C(=O)O. The highest BCUT2D eigenvalue weighted by Crippen LogP contribution is 2.14. The van der Waals surface area contributed by atoms with E-state index in [4.69, 9.17) is 10.5 Å². The number of carbonyl (C=O) groups is 3. The maximum Gasteiger partial charge on any atom is 0.326 e. The van der Waals surface area contributed by atoms with Crippen molar-refractivity contribution >= 4 is 17.8 Å². The van der Waals surface area contributed by atoms with Gasteiger partial charge in [-0.2, -0.15) is 0 Å². The van der Waals surface area contributed by atoms with Crippen molar-refractivity contribution in [3.05, 3.63) is 85.1 Å². The number of carboxylic acids is 1. The molecule has 4 N–H and O–H groups in total. The van der Waals surface area contributed by atoms with Gasteiger partial charge in [-0.05, 0) is 109 Å². The van der Waals surface area contributed by atoms with Crippen molar-refractivity contribution in [1.29, 1.82) is 0 Å². The van der Waals surface area contributed by atoms with Crippen LogP contribution in [-0.4, -0.2) is 41.6 Å². The van der Waals surface area contributed by atoms with Gasteiger partial charge in [-0.25, -0.2) is 4.79 Å². The topological polar surface area (TPSA) is 119 Å². The molecule has 0 saturated heterocycles. The van der Waals surface area contributed by atoms with Crippen molar-refractivity contribution in [1.82, 2.24) is 5.32 Å². The average Bonchev–Trinajstić information content (AvgIpc) is 3.11. The Bertz CT molecular complexity index is 1070. The fourth-order valence-electron chi connectivity index (χ4n) is 5.20. The summed E-state index contributed by atoms with van der Waals surface area (Å²) >= 11 is 0. The molecule has 0 aromatic carbocycles. The molecule has 0 heterocycles. The number of nitrogens with one attached hydrogen (secondary N) is 1. The van der Waals surface area contributed by atoms with Crippen molar-refractivity contribution < 1.29 is 24.2 Å². The number of carboxylic acid groups (broad SMARTS) is 1. The van der Waals surface area contributed by atoms with Gasteiger partial charge in [-0.1, -0.05) is 125 Å². The van der Waals surface area contributed by atoms with Crippen LogP contribution in [0.25, 0.3) is 0 Å². The minimum Gasteiger partial charge on any atom is -0.480 e. The molecule has 0 radical (unpaired) electrons. The molecule has 0 fully saturated rings. The number of carbonyl (C=O) groups excluding carboxylic acids is 2. The number of nitrogens with two attached hydrogens (primary N) is 1. The van der Waals surface area contributed by atoms with Gasteiger partial charge in [-0.15, -0.1) is 0 Å². The first kappa shape index (κ1) is 47.5. The van der Waals surface area contributed by atoms with Crippen molar-refractivity contribution in [2.75, 3.05) is 6.54 Å². The Morgan fingerprint density at radius 3 is 1.75 bits per heavy atom. The zero-order chi connectivity index (χ0) is 37.5. The lowest BCUT2D eigenvalue weighted by molar-refractivity contribution is -0.147. The van der Waals surface area contributed by atoms with Crippen molar-refractivity contribution in [2.45, 2.75) is 167 Å². The Morgan fingerprint density at radius 1 is 0.608 bits per heavy atom. The Morgan fingerprint density at radius 2 is 1.16 bits per heavy atom. The third-order valence-electron chi connectivity index (χ3n) is 8.18. The number of unbranched alkanes of at least 4 members (excludes halogenated alkanes) is 8. The Kier molecular flexibility index (Phi) is 35.2. The van der Waals surface area contributed by atoms with Crippen molar-refractivity contribution in [2.24, 2.45) is 5.73 Å². The number of rotatable bonds is 34. The van der Waals surface area contributed by atoms with Crippen LogP contribution in [0, 0.1) is 0 Å². The normalized spacial score (nSPS) is 13.6. The number of ether oxygens (including phenoxy) is 1. The molecule has 7 nitrogen and oxygen atoms in total. The molecule has 0 rings (SSSR count). The van der Waals surface area contributed by atoms with Crippen LogP contribution in [0.3, 0.4) is 0 Å². The molecule has 51 heavy (non-hydrogen) atoms. The van der Waals surface area contributed by atoms with E-state index in [2.05, 4.69) is 98.2 Å². The van der Waals surface area contributed by atoms with Crippen LogP contribution in [0.15, 0.2) is 85.1 Å². The van der Waals surface area contributed by atoms with Gasteiger partial charge in [-0.3, -0.25) is 9.59 Å². The lowest BCUT2D eigenvalue weighted by atomic mass is 10.1. The molecule has 0 aliphatic rings. The lowest BCUT2D eigenvalue weighted by Gasteiger charge is -2.15. The first-order valence-electron chi connectivity index (χ1n) is 19.9. The van der Waals surface area contributed by atoms with Crippen molar-refractivity contribution in [3.8, 4) is 0 Å². The number of hydrogen-bond donors (Lipinski definition) is 3. The minimum absolute atomic E-state index is 0.164. The maximum atomic E-state index is 12.7. The average molecular weight is 709 g/mol. The van der Waals surface area contributed by atoms with Crippen LogP contribution >= 0.6 is 0 Å². The molecule has 0 aromatic heterocycles. The van der Waals surface area contributed by atoms with E-state index in [-0.39, 0.29) is 18.0 Å². The summed E-state index contributed by atoms with van der Waals surface area (Å²) in [5.74, 6) is -1.43. The second-order valence-electron chi connectivity index (χ2n) is 13.0. The van der Waals surface area contributed by atoms with E-state index in [0.717, 1.165) is 83.5 Å². The van der Waals surface area contributed by atoms with Gasteiger partial charge in [0.15, 0.2) is 0 Å². The molecule has 1 amide bonds. The maximum absolute atomic E-state index is 12.7. The van der Waals surface area contributed by atoms with E-state index in [1.165, 1.54) is 25.7 Å². The number of allylic oxidation sites excluding steroid dienone is 13. The van der Waals surface area contributed by atoms with Gasteiger partial charge in [0.2, 0.25) is 5.91 Å². The summed E-state index contributed by atoms with van der Waals surface area (Å²) in [6, 6.07) is -0.883. The summed E-state index contributed by atoms with van der Waals surface area (Å²) in [7, 11) is 0. The molecule has 0 aromatic rings. The van der Waals surface area contributed by atoms with E-state index in [1.54, 1.807) is 0 Å². The third kappa shape index (κ3) is 34.8. The summed E-state index contributed by atoms with van der Waals surface area (Å²) in [5.41, 5.74) is 5.47. The highest BCUT2D eigenvalue weighted by molar-refractivity contribution is 5.83. The van der Waals surface area contributed by atoms with Gasteiger partial charge in [0.1, 0.15) is 12.1 Å². The van der Waals surface area contributed by atoms with Crippen LogP contribution in [-0.2, 0) is 19.1 Å². The van der Waals surface area contributed by atoms with E-state index < -0.39 is 12.0 Å². The van der Waals surface area contributed by atoms with Gasteiger partial charge >= 0.3 is 11.9 Å². The predicted octanol–water partition coefficient (Wildman–Crippen LogP) is 10.9. The second-order valence-corrected chi connectivity index (χ2v) is 13.0. The smallest absolute Gasteiger partial charge is 0.326 e. The zero-order valence-electron chi connectivity index (χ0n) is 32.2. The first-order chi connectivity index (χ1) is 24.9. The molecule has 2 atom stereocenters. The number of aliphatic carboxylic acids is 1. The van der Waals surface area contributed by atoms with Crippen LogP contribution in [0.4, 0.5) is 0 Å². The molecule has 0 aliphatic carbocycles. The fourth-order valence-corrected chi connectivity index (χ4v) is 5.20. The van der Waals surface area contributed by atoms with Crippen LogP contribution < -0.4 is 11.1 Å². The van der Waals surface area contributed by atoms with E-state index in [9.17, 15) is 19.5 Å². The lowest BCUT2D eigenvalue weighted by Crippen LogP contribution is -2.40. The molecule has 2 unspecified atom stereocenters. The molecule has 0 aliphatic heterocycles. The summed E-state index contributed by atoms with van der Waals surface area (Å²) < 4.78 is 5.87. The molecular formula is C44H72N2O5. The predicted molar refractivity (Wildman–Crippen MR) is 215 cm³/mol. The Hall–Kier alpha value is -3.45. The molecule has 0 spiro atoms. The first-order valence-corrected chi connectivity index (χ1v) is 19.9. The Balaban J connectivity index is 4.50. The molecule has 0 saturated carbocycles. The fraction of sp³-hybridized carbons (Fsp3) is 0.614. The summed E-state index contributed by atoms with van der Waals surface area (Å²) in [6.07, 6.45) is 49.2. The van der Waals surface area contributed by atoms with Crippen molar-refractivity contribution in [3.63, 3.8) is 0 Å². The summed E-state index contributed by atoms with van der Waals surface area (Å²) in [5, 5.41) is 11.9. The van der Waals surface area contributed by atoms with Gasteiger partial charge in [0.25, 0.3) is 0 Å². The van der Waals surface area contributed by atoms with Crippen LogP contribution in [0.1, 0.15) is 155 Å². The zero-order valence-corrected chi connectivity index (χ0v) is 32.2. The second kappa shape index (κ2) is 37.8. The van der Waals surface area contributed by atoms with Crippen LogP contribution in [0.2, 0.25) is 0 Å². The van der Waals surface area contributed by atoms with Gasteiger partial charge in [0, 0.05) is 12.8 Å². The summed E-state index contributed by atoms with van der Waals surface area (Å²) in [4.78, 5) is 36.2. The van der Waals surface area contributed by atoms with Crippen LogP contribution in [0.5, 0.6) is 0 Å². The highest BCUT2D eigenvalue weighted by Gasteiger charge is 2.18.